The first-order valence-electron chi connectivity index (χ1n) is 8.07. The fourth-order valence-electron chi connectivity index (χ4n) is 3.60. The number of hydrogen-bond acceptors (Lipinski definition) is 2. The maximum atomic E-state index is 11.1. The van der Waals surface area contributed by atoms with Gasteiger partial charge in [-0.05, 0) is 50.0 Å². The Balaban J connectivity index is 2.18. The van der Waals surface area contributed by atoms with Gasteiger partial charge < -0.3 is 5.11 Å². The van der Waals surface area contributed by atoms with Gasteiger partial charge in [0.1, 0.15) is 0 Å². The zero-order valence-electron chi connectivity index (χ0n) is 13.7. The smallest absolute Gasteiger partial charge is 0.0728 e. The molecule has 1 aromatic rings. The van der Waals surface area contributed by atoms with Gasteiger partial charge in [0.2, 0.25) is 0 Å². The number of aryl methyl sites for hydroxylation is 2. The summed E-state index contributed by atoms with van der Waals surface area (Å²) < 4.78 is 2.06. The summed E-state index contributed by atoms with van der Waals surface area (Å²) in [4.78, 5) is 0. The van der Waals surface area contributed by atoms with Crippen molar-refractivity contribution in [3.8, 4) is 0 Å². The molecule has 0 spiro atoms. The molecule has 1 aliphatic carbocycles. The molecule has 0 bridgehead atoms. The van der Waals surface area contributed by atoms with Crippen molar-refractivity contribution >= 4 is 0 Å². The lowest BCUT2D eigenvalue weighted by molar-refractivity contribution is -0.0715. The van der Waals surface area contributed by atoms with Crippen molar-refractivity contribution in [2.75, 3.05) is 0 Å². The highest BCUT2D eigenvalue weighted by Crippen LogP contribution is 2.45. The molecule has 2 atom stereocenters. The summed E-state index contributed by atoms with van der Waals surface area (Å²) in [5.74, 6) is 0.344. The summed E-state index contributed by atoms with van der Waals surface area (Å²) in [6.07, 6.45) is 4.81. The summed E-state index contributed by atoms with van der Waals surface area (Å²) >= 11 is 0. The Morgan fingerprint density at radius 3 is 2.60 bits per heavy atom. The monoisotopic (exact) mass is 278 g/mol. The molecule has 1 N–H and O–H groups in total. The van der Waals surface area contributed by atoms with Crippen LogP contribution in [0.5, 0.6) is 0 Å². The van der Waals surface area contributed by atoms with Gasteiger partial charge in [0, 0.05) is 18.7 Å². The van der Waals surface area contributed by atoms with Crippen LogP contribution in [0, 0.1) is 11.3 Å². The molecule has 3 heteroatoms. The minimum atomic E-state index is -0.562. The van der Waals surface area contributed by atoms with Crippen molar-refractivity contribution < 1.29 is 5.11 Å². The van der Waals surface area contributed by atoms with E-state index in [0.717, 1.165) is 44.3 Å². The largest absolute Gasteiger partial charge is 0.389 e. The molecule has 2 rings (SSSR count). The fraction of sp³-hybridized carbons (Fsp3) is 0.824. The summed E-state index contributed by atoms with van der Waals surface area (Å²) in [5, 5.41) is 15.7. The van der Waals surface area contributed by atoms with Gasteiger partial charge in [-0.2, -0.15) is 5.10 Å². The van der Waals surface area contributed by atoms with Gasteiger partial charge in [0.15, 0.2) is 0 Å². The van der Waals surface area contributed by atoms with E-state index in [1.165, 1.54) is 5.69 Å². The van der Waals surface area contributed by atoms with Gasteiger partial charge in [-0.3, -0.25) is 4.68 Å². The zero-order chi connectivity index (χ0) is 15.0. The molecule has 0 aliphatic heterocycles. The van der Waals surface area contributed by atoms with E-state index in [-0.39, 0.29) is 0 Å². The minimum absolute atomic E-state index is 0.344. The number of aromatic nitrogens is 2. The predicted octanol–water partition coefficient (Wildman–Crippen LogP) is 3.59. The Labute approximate surface area is 123 Å². The lowest BCUT2D eigenvalue weighted by atomic mass is 9.64. The molecule has 0 amide bonds. The average Bonchev–Trinajstić information content (AvgIpc) is 2.77. The fourth-order valence-corrected chi connectivity index (χ4v) is 3.60. The van der Waals surface area contributed by atoms with Crippen LogP contribution in [0.1, 0.15) is 65.3 Å². The van der Waals surface area contributed by atoms with Gasteiger partial charge in [-0.15, -0.1) is 0 Å². The molecule has 0 saturated heterocycles. The number of hydrogen-bond donors (Lipinski definition) is 1. The van der Waals surface area contributed by atoms with Crippen LogP contribution in [0.3, 0.4) is 0 Å². The first-order chi connectivity index (χ1) is 9.29. The van der Waals surface area contributed by atoms with Crippen LogP contribution < -0.4 is 0 Å². The van der Waals surface area contributed by atoms with Crippen molar-refractivity contribution in [2.24, 2.45) is 11.3 Å². The van der Waals surface area contributed by atoms with E-state index in [1.807, 2.05) is 0 Å². The molecule has 1 aliphatic rings. The van der Waals surface area contributed by atoms with Crippen LogP contribution in [-0.4, -0.2) is 20.5 Å². The molecule has 2 unspecified atom stereocenters. The molecule has 3 nitrogen and oxygen atoms in total. The SMILES string of the molecule is CCc1cc(CC2(O)CCC(C)(C)CC2C)n(CC)n1. The molecule has 1 saturated carbocycles. The van der Waals surface area contributed by atoms with E-state index in [0.29, 0.717) is 11.3 Å². The van der Waals surface area contributed by atoms with Gasteiger partial charge in [-0.1, -0.05) is 27.7 Å². The maximum Gasteiger partial charge on any atom is 0.0728 e. The third-order valence-electron chi connectivity index (χ3n) is 5.07. The normalized spacial score (nSPS) is 29.6. The number of aliphatic hydroxyl groups is 1. The molecular formula is C17H30N2O. The Hall–Kier alpha value is -0.830. The second kappa shape index (κ2) is 5.51. The number of rotatable bonds is 4. The quantitative estimate of drug-likeness (QED) is 0.914. The van der Waals surface area contributed by atoms with Crippen LogP contribution in [0.2, 0.25) is 0 Å². The van der Waals surface area contributed by atoms with Crippen molar-refractivity contribution in [3.05, 3.63) is 17.5 Å². The first-order valence-corrected chi connectivity index (χ1v) is 8.07. The topological polar surface area (TPSA) is 38.0 Å². The van der Waals surface area contributed by atoms with Crippen LogP contribution in [-0.2, 0) is 19.4 Å². The third kappa shape index (κ3) is 3.08. The van der Waals surface area contributed by atoms with E-state index in [2.05, 4.69) is 50.5 Å². The Morgan fingerprint density at radius 2 is 2.05 bits per heavy atom. The number of nitrogens with zero attached hydrogens (tertiary/aromatic N) is 2. The summed E-state index contributed by atoms with van der Waals surface area (Å²) in [6.45, 7) is 12.0. The van der Waals surface area contributed by atoms with Crippen molar-refractivity contribution in [2.45, 2.75) is 78.9 Å². The van der Waals surface area contributed by atoms with Crippen molar-refractivity contribution in [3.63, 3.8) is 0 Å². The third-order valence-corrected chi connectivity index (χ3v) is 5.07. The lowest BCUT2D eigenvalue weighted by Crippen LogP contribution is -2.46. The van der Waals surface area contributed by atoms with E-state index in [1.54, 1.807) is 0 Å². The zero-order valence-corrected chi connectivity index (χ0v) is 13.7. The summed E-state index contributed by atoms with van der Waals surface area (Å²) in [6, 6.07) is 2.17. The van der Waals surface area contributed by atoms with Gasteiger partial charge >= 0.3 is 0 Å². The first kappa shape index (κ1) is 15.6. The van der Waals surface area contributed by atoms with Crippen LogP contribution in [0.15, 0.2) is 6.07 Å². The van der Waals surface area contributed by atoms with E-state index in [4.69, 9.17) is 0 Å². The molecule has 114 valence electrons. The summed E-state index contributed by atoms with van der Waals surface area (Å²) in [7, 11) is 0. The Kier molecular flexibility index (Phi) is 4.29. The Morgan fingerprint density at radius 1 is 1.35 bits per heavy atom. The van der Waals surface area contributed by atoms with Crippen LogP contribution in [0.4, 0.5) is 0 Å². The van der Waals surface area contributed by atoms with Gasteiger partial charge in [0.25, 0.3) is 0 Å². The highest BCUT2D eigenvalue weighted by molar-refractivity contribution is 5.14. The molecule has 1 fully saturated rings. The van der Waals surface area contributed by atoms with Crippen molar-refractivity contribution in [1.29, 1.82) is 0 Å². The second-order valence-electron chi connectivity index (χ2n) is 7.35. The van der Waals surface area contributed by atoms with E-state index < -0.39 is 5.60 Å². The maximum absolute atomic E-state index is 11.1. The average molecular weight is 278 g/mol. The molecule has 1 aromatic heterocycles. The van der Waals surface area contributed by atoms with Gasteiger partial charge in [0.05, 0.1) is 11.3 Å². The Bertz CT molecular complexity index is 464. The lowest BCUT2D eigenvalue weighted by Gasteiger charge is -2.45. The second-order valence-corrected chi connectivity index (χ2v) is 7.35. The summed E-state index contributed by atoms with van der Waals surface area (Å²) in [5.41, 5.74) is 2.13. The molecule has 0 radical (unpaired) electrons. The standard InChI is InChI=1S/C17H30N2O/c1-6-14-10-15(19(7-2)18-14)12-17(20)9-8-16(4,5)11-13(17)3/h10,13,20H,6-9,11-12H2,1-5H3. The minimum Gasteiger partial charge on any atom is -0.389 e. The van der Waals surface area contributed by atoms with E-state index in [9.17, 15) is 5.11 Å². The van der Waals surface area contributed by atoms with Crippen molar-refractivity contribution in [1.82, 2.24) is 9.78 Å². The van der Waals surface area contributed by atoms with E-state index >= 15 is 0 Å². The van der Waals surface area contributed by atoms with Crippen LogP contribution in [0.25, 0.3) is 0 Å². The molecule has 20 heavy (non-hydrogen) atoms. The molecular weight excluding hydrogens is 248 g/mol. The van der Waals surface area contributed by atoms with Gasteiger partial charge in [-0.25, -0.2) is 0 Å². The molecule has 1 heterocycles. The molecule has 0 aromatic carbocycles. The highest BCUT2D eigenvalue weighted by atomic mass is 16.3. The van der Waals surface area contributed by atoms with Crippen LogP contribution >= 0.6 is 0 Å². The predicted molar refractivity (Wildman–Crippen MR) is 82.7 cm³/mol. The highest BCUT2D eigenvalue weighted by Gasteiger charge is 2.42.